The van der Waals surface area contributed by atoms with Gasteiger partial charge in [0.15, 0.2) is 0 Å². The highest BCUT2D eigenvalue weighted by Gasteiger charge is 2.39. The number of hydrogen-bond acceptors (Lipinski definition) is 3. The third-order valence-electron chi connectivity index (χ3n) is 3.10. The van der Waals surface area contributed by atoms with Gasteiger partial charge in [0.2, 0.25) is 10.0 Å². The fraction of sp³-hybridized carbons (Fsp3) is 0.500. The van der Waals surface area contributed by atoms with Crippen LogP contribution in [0.2, 0.25) is 0 Å². The Balaban J connectivity index is 3.20. The Kier molecular flexibility index (Phi) is 4.90. The van der Waals surface area contributed by atoms with Gasteiger partial charge in [-0.1, -0.05) is 15.9 Å². The van der Waals surface area contributed by atoms with Crippen LogP contribution in [0, 0.1) is 0 Å². The van der Waals surface area contributed by atoms with Crippen LogP contribution in [0.3, 0.4) is 0 Å². The van der Waals surface area contributed by atoms with Crippen molar-refractivity contribution in [2.75, 3.05) is 0 Å². The Morgan fingerprint density at radius 3 is 2.11 bits per heavy atom. The van der Waals surface area contributed by atoms with E-state index in [0.717, 1.165) is 4.47 Å². The predicted octanol–water partition coefficient (Wildman–Crippen LogP) is 3.04. The van der Waals surface area contributed by atoms with Gasteiger partial charge in [-0.05, 0) is 61.8 Å². The van der Waals surface area contributed by atoms with Crippen molar-refractivity contribution >= 4 is 41.9 Å². The van der Waals surface area contributed by atoms with E-state index in [-0.39, 0.29) is 4.90 Å². The van der Waals surface area contributed by atoms with Gasteiger partial charge in [0, 0.05) is 8.95 Å². The first-order valence-electron chi connectivity index (χ1n) is 5.58. The first kappa shape index (κ1) is 17.1. The van der Waals surface area contributed by atoms with E-state index in [1.165, 1.54) is 6.07 Å². The highest BCUT2D eigenvalue weighted by atomic mass is 79.9. The summed E-state index contributed by atoms with van der Waals surface area (Å²) in [6.07, 6.45) is 0. The van der Waals surface area contributed by atoms with E-state index >= 15 is 0 Å². The molecule has 0 radical (unpaired) electrons. The van der Waals surface area contributed by atoms with Crippen LogP contribution in [0.5, 0.6) is 0 Å². The second-order valence-electron chi connectivity index (χ2n) is 5.36. The Labute approximate surface area is 130 Å². The topological polar surface area (TPSA) is 66.4 Å². The molecular formula is C12H17Br2NO3S. The summed E-state index contributed by atoms with van der Waals surface area (Å²) in [5.74, 6) is 0. The molecule has 0 saturated heterocycles. The van der Waals surface area contributed by atoms with Gasteiger partial charge in [0.25, 0.3) is 0 Å². The summed E-state index contributed by atoms with van der Waals surface area (Å²) in [6.45, 7) is 6.40. The zero-order valence-corrected chi connectivity index (χ0v) is 15.1. The van der Waals surface area contributed by atoms with Crippen LogP contribution in [-0.4, -0.2) is 24.7 Å². The van der Waals surface area contributed by atoms with Crippen LogP contribution < -0.4 is 4.72 Å². The molecule has 108 valence electrons. The maximum absolute atomic E-state index is 12.4. The van der Waals surface area contributed by atoms with Gasteiger partial charge < -0.3 is 5.11 Å². The fourth-order valence-electron chi connectivity index (χ4n) is 1.21. The predicted molar refractivity (Wildman–Crippen MR) is 82.5 cm³/mol. The lowest BCUT2D eigenvalue weighted by molar-refractivity contribution is 0.00638. The van der Waals surface area contributed by atoms with E-state index in [2.05, 4.69) is 36.6 Å². The minimum atomic E-state index is -3.73. The summed E-state index contributed by atoms with van der Waals surface area (Å²) in [5, 5.41) is 10.0. The van der Waals surface area contributed by atoms with Crippen molar-refractivity contribution in [2.24, 2.45) is 0 Å². The van der Waals surface area contributed by atoms with Gasteiger partial charge in [0.05, 0.1) is 16.0 Å². The van der Waals surface area contributed by atoms with Gasteiger partial charge >= 0.3 is 0 Å². The summed E-state index contributed by atoms with van der Waals surface area (Å²) < 4.78 is 28.5. The number of nitrogens with one attached hydrogen (secondary N) is 1. The van der Waals surface area contributed by atoms with E-state index in [1.807, 2.05) is 0 Å². The monoisotopic (exact) mass is 413 g/mol. The zero-order valence-electron chi connectivity index (χ0n) is 11.2. The summed E-state index contributed by atoms with van der Waals surface area (Å²) in [5.41, 5.74) is -2.19. The third kappa shape index (κ3) is 4.01. The maximum atomic E-state index is 12.4. The van der Waals surface area contributed by atoms with E-state index in [1.54, 1.807) is 39.8 Å². The van der Waals surface area contributed by atoms with Gasteiger partial charge in [0.1, 0.15) is 0 Å². The molecule has 0 aliphatic rings. The van der Waals surface area contributed by atoms with E-state index in [4.69, 9.17) is 0 Å². The number of halogens is 2. The van der Waals surface area contributed by atoms with Gasteiger partial charge in [-0.15, -0.1) is 0 Å². The molecule has 0 saturated carbocycles. The first-order chi connectivity index (χ1) is 8.37. The Bertz CT molecular complexity index is 577. The molecule has 0 aliphatic carbocycles. The van der Waals surface area contributed by atoms with Crippen LogP contribution in [0.15, 0.2) is 32.0 Å². The molecule has 0 aromatic heterocycles. The van der Waals surface area contributed by atoms with Gasteiger partial charge in [-0.2, -0.15) is 0 Å². The summed E-state index contributed by atoms with van der Waals surface area (Å²) in [7, 11) is -3.73. The molecular weight excluding hydrogens is 398 g/mol. The molecule has 4 nitrogen and oxygen atoms in total. The molecule has 0 unspecified atom stereocenters. The first-order valence-corrected chi connectivity index (χ1v) is 8.65. The van der Waals surface area contributed by atoms with Crippen molar-refractivity contribution in [3.8, 4) is 0 Å². The van der Waals surface area contributed by atoms with Crippen molar-refractivity contribution in [2.45, 2.75) is 43.7 Å². The third-order valence-corrected chi connectivity index (χ3v) is 6.23. The van der Waals surface area contributed by atoms with E-state index < -0.39 is 21.2 Å². The number of rotatable bonds is 4. The highest BCUT2D eigenvalue weighted by molar-refractivity contribution is 9.11. The summed E-state index contributed by atoms with van der Waals surface area (Å²) in [4.78, 5) is 0.132. The standard InChI is InChI=1S/C12H17Br2NO3S/c1-11(2,12(3,4)16)15-19(17,18)10-6-5-8(13)7-9(10)14/h5-7,15-16H,1-4H3. The highest BCUT2D eigenvalue weighted by Crippen LogP contribution is 2.28. The van der Waals surface area contributed by atoms with Crippen molar-refractivity contribution in [1.82, 2.24) is 4.72 Å². The van der Waals surface area contributed by atoms with Crippen molar-refractivity contribution in [3.63, 3.8) is 0 Å². The van der Waals surface area contributed by atoms with Crippen LogP contribution in [0.4, 0.5) is 0 Å². The number of benzene rings is 1. The summed E-state index contributed by atoms with van der Waals surface area (Å²) in [6, 6.07) is 4.80. The Hall–Kier alpha value is 0.0500. The lowest BCUT2D eigenvalue weighted by Gasteiger charge is -2.37. The van der Waals surface area contributed by atoms with Gasteiger partial charge in [-0.3, -0.25) is 0 Å². The Morgan fingerprint density at radius 1 is 1.16 bits per heavy atom. The molecule has 0 fully saturated rings. The molecule has 0 aliphatic heterocycles. The second kappa shape index (κ2) is 5.44. The van der Waals surface area contributed by atoms with Crippen molar-refractivity contribution in [1.29, 1.82) is 0 Å². The normalized spacial score (nSPS) is 13.6. The van der Waals surface area contributed by atoms with Gasteiger partial charge in [-0.25, -0.2) is 13.1 Å². The molecule has 0 spiro atoms. The largest absolute Gasteiger partial charge is 0.389 e. The minimum absolute atomic E-state index is 0.132. The smallest absolute Gasteiger partial charge is 0.242 e. The fourth-order valence-corrected chi connectivity index (χ4v) is 4.49. The number of aliphatic hydroxyl groups is 1. The van der Waals surface area contributed by atoms with Crippen molar-refractivity contribution < 1.29 is 13.5 Å². The zero-order chi connectivity index (χ0) is 15.1. The minimum Gasteiger partial charge on any atom is -0.389 e. The molecule has 1 rings (SSSR count). The lowest BCUT2D eigenvalue weighted by atomic mass is 9.87. The van der Waals surface area contributed by atoms with Crippen molar-refractivity contribution in [3.05, 3.63) is 27.1 Å². The average molecular weight is 415 g/mol. The Morgan fingerprint density at radius 2 is 1.68 bits per heavy atom. The molecule has 0 amide bonds. The van der Waals surface area contributed by atoms with Crippen LogP contribution in [0.1, 0.15) is 27.7 Å². The molecule has 1 aromatic carbocycles. The molecule has 7 heteroatoms. The van der Waals surface area contributed by atoms with E-state index in [9.17, 15) is 13.5 Å². The van der Waals surface area contributed by atoms with Crippen LogP contribution in [0.25, 0.3) is 0 Å². The molecule has 2 N–H and O–H groups in total. The molecule has 1 aromatic rings. The van der Waals surface area contributed by atoms with Crippen LogP contribution in [-0.2, 0) is 10.0 Å². The maximum Gasteiger partial charge on any atom is 0.242 e. The number of sulfonamides is 1. The number of hydrogen-bond donors (Lipinski definition) is 2. The molecule has 0 atom stereocenters. The lowest BCUT2D eigenvalue weighted by Crippen LogP contribution is -2.57. The average Bonchev–Trinajstić information content (AvgIpc) is 2.12. The summed E-state index contributed by atoms with van der Waals surface area (Å²) >= 11 is 6.50. The quantitative estimate of drug-likeness (QED) is 0.795. The molecule has 0 bridgehead atoms. The molecule has 19 heavy (non-hydrogen) atoms. The second-order valence-corrected chi connectivity index (χ2v) is 8.79. The SMILES string of the molecule is CC(C)(O)C(C)(C)NS(=O)(=O)c1ccc(Br)cc1Br. The van der Waals surface area contributed by atoms with Crippen LogP contribution >= 0.6 is 31.9 Å². The van der Waals surface area contributed by atoms with E-state index in [0.29, 0.717) is 4.47 Å². The molecule has 0 heterocycles.